The highest BCUT2D eigenvalue weighted by Crippen LogP contribution is 2.33. The third kappa shape index (κ3) is 3.35. The minimum atomic E-state index is -0.735. The molecular weight excluding hydrogens is 328 g/mol. The van der Waals surface area contributed by atoms with Crippen LogP contribution in [0.1, 0.15) is 11.1 Å². The smallest absolute Gasteiger partial charge is 0.198 e. The number of ether oxygens (including phenoxy) is 1. The molecule has 0 saturated carbocycles. The van der Waals surface area contributed by atoms with Gasteiger partial charge in [0.15, 0.2) is 17.4 Å². The van der Waals surface area contributed by atoms with E-state index in [1.54, 1.807) is 12.1 Å². The lowest BCUT2D eigenvalue weighted by Crippen LogP contribution is -2.04. The van der Waals surface area contributed by atoms with E-state index < -0.39 is 17.4 Å². The van der Waals surface area contributed by atoms with Crippen molar-refractivity contribution in [1.82, 2.24) is 0 Å². The van der Waals surface area contributed by atoms with E-state index in [0.29, 0.717) is 28.8 Å². The minimum Gasteiger partial charge on any atom is -0.450 e. The number of aryl methyl sites for hydroxylation is 1. The lowest BCUT2D eigenvalue weighted by molar-refractivity contribution is 0.404. The Bertz CT molecular complexity index is 608. The number of benzene rings is 2. The maximum atomic E-state index is 13.9. The van der Waals surface area contributed by atoms with Crippen LogP contribution >= 0.6 is 15.9 Å². The van der Waals surface area contributed by atoms with Crippen LogP contribution in [0.3, 0.4) is 0 Å². The van der Waals surface area contributed by atoms with Crippen LogP contribution in [0.15, 0.2) is 34.8 Å². The zero-order chi connectivity index (χ0) is 14.7. The molecule has 2 nitrogen and oxygen atoms in total. The van der Waals surface area contributed by atoms with Crippen molar-refractivity contribution >= 4 is 15.9 Å². The van der Waals surface area contributed by atoms with Crippen molar-refractivity contribution in [3.05, 3.63) is 57.6 Å². The molecule has 20 heavy (non-hydrogen) atoms. The van der Waals surface area contributed by atoms with Crippen LogP contribution in [0.4, 0.5) is 8.78 Å². The van der Waals surface area contributed by atoms with Crippen LogP contribution in [0, 0.1) is 18.6 Å². The summed E-state index contributed by atoms with van der Waals surface area (Å²) >= 11 is 3.31. The second kappa shape index (κ2) is 6.33. The van der Waals surface area contributed by atoms with E-state index in [4.69, 9.17) is 10.5 Å². The molecule has 0 aliphatic heterocycles. The topological polar surface area (TPSA) is 35.2 Å². The number of nitrogens with two attached hydrogens (primary N) is 1. The number of hydrogen-bond donors (Lipinski definition) is 1. The maximum absolute atomic E-state index is 13.9. The Hall–Kier alpha value is -1.46. The van der Waals surface area contributed by atoms with Crippen LogP contribution in [0.5, 0.6) is 11.5 Å². The predicted molar refractivity (Wildman–Crippen MR) is 78.1 cm³/mol. The molecule has 0 amide bonds. The van der Waals surface area contributed by atoms with Crippen molar-refractivity contribution in [2.75, 3.05) is 6.54 Å². The highest BCUT2D eigenvalue weighted by molar-refractivity contribution is 9.10. The van der Waals surface area contributed by atoms with Gasteiger partial charge in [-0.2, -0.15) is 0 Å². The standard InChI is InChI=1S/C15H14BrF2NO/c1-9-2-3-14(11(16)6-9)20-15-12(17)7-10(4-5-19)8-13(15)18/h2-3,6-8H,4-5,19H2,1H3. The Balaban J connectivity index is 2.33. The lowest BCUT2D eigenvalue weighted by Gasteiger charge is -2.11. The number of hydrogen-bond acceptors (Lipinski definition) is 2. The normalized spacial score (nSPS) is 10.7. The molecule has 0 unspecified atom stereocenters. The van der Waals surface area contributed by atoms with Crippen LogP contribution < -0.4 is 10.5 Å². The van der Waals surface area contributed by atoms with E-state index in [0.717, 1.165) is 5.56 Å². The molecular formula is C15H14BrF2NO. The van der Waals surface area contributed by atoms with Crippen LogP contribution in [-0.2, 0) is 6.42 Å². The third-order valence-electron chi connectivity index (χ3n) is 2.79. The van der Waals surface area contributed by atoms with Gasteiger partial charge < -0.3 is 10.5 Å². The first-order valence-corrected chi connectivity index (χ1v) is 6.92. The van der Waals surface area contributed by atoms with E-state index in [1.807, 2.05) is 13.0 Å². The fourth-order valence-corrected chi connectivity index (χ4v) is 2.39. The molecule has 0 heterocycles. The van der Waals surface area contributed by atoms with Gasteiger partial charge in [-0.05, 0) is 71.2 Å². The fraction of sp³-hybridized carbons (Fsp3) is 0.200. The molecule has 0 bridgehead atoms. The Morgan fingerprint density at radius 1 is 1.15 bits per heavy atom. The molecule has 0 radical (unpaired) electrons. The molecule has 0 aliphatic carbocycles. The summed E-state index contributed by atoms with van der Waals surface area (Å²) < 4.78 is 33.8. The van der Waals surface area contributed by atoms with Crippen LogP contribution in [0.2, 0.25) is 0 Å². The third-order valence-corrected chi connectivity index (χ3v) is 3.41. The van der Waals surface area contributed by atoms with Gasteiger partial charge in [0.25, 0.3) is 0 Å². The molecule has 2 aromatic carbocycles. The SMILES string of the molecule is Cc1ccc(Oc2c(F)cc(CCN)cc2F)c(Br)c1. The van der Waals surface area contributed by atoms with Crippen LogP contribution in [0.25, 0.3) is 0 Å². The number of halogens is 3. The van der Waals surface area contributed by atoms with E-state index in [2.05, 4.69) is 15.9 Å². The number of rotatable bonds is 4. The summed E-state index contributed by atoms with van der Waals surface area (Å²) in [5.41, 5.74) is 6.90. The molecule has 0 saturated heterocycles. The summed E-state index contributed by atoms with van der Waals surface area (Å²) in [7, 11) is 0. The highest BCUT2D eigenvalue weighted by atomic mass is 79.9. The molecule has 0 aromatic heterocycles. The molecule has 0 aliphatic rings. The quantitative estimate of drug-likeness (QED) is 0.898. The van der Waals surface area contributed by atoms with Crippen molar-refractivity contribution in [3.8, 4) is 11.5 Å². The first kappa shape index (κ1) is 14.9. The summed E-state index contributed by atoms with van der Waals surface area (Å²) in [6.45, 7) is 2.25. The van der Waals surface area contributed by atoms with Crippen molar-refractivity contribution in [2.45, 2.75) is 13.3 Å². The van der Waals surface area contributed by atoms with Gasteiger partial charge in [-0.15, -0.1) is 0 Å². The molecule has 0 fully saturated rings. The summed E-state index contributed by atoms with van der Waals surface area (Å²) in [6, 6.07) is 7.76. The molecule has 106 valence electrons. The maximum Gasteiger partial charge on any atom is 0.198 e. The lowest BCUT2D eigenvalue weighted by atomic mass is 10.1. The minimum absolute atomic E-state index is 0.336. The summed E-state index contributed by atoms with van der Waals surface area (Å²) in [5.74, 6) is -1.52. The average Bonchev–Trinajstić information content (AvgIpc) is 2.36. The monoisotopic (exact) mass is 341 g/mol. The van der Waals surface area contributed by atoms with Crippen molar-refractivity contribution in [1.29, 1.82) is 0 Å². The second-order valence-corrected chi connectivity index (χ2v) is 5.32. The second-order valence-electron chi connectivity index (χ2n) is 4.46. The zero-order valence-corrected chi connectivity index (χ0v) is 12.5. The molecule has 5 heteroatoms. The van der Waals surface area contributed by atoms with Gasteiger partial charge in [0.1, 0.15) is 5.75 Å². The molecule has 2 rings (SSSR count). The van der Waals surface area contributed by atoms with Crippen molar-refractivity contribution in [3.63, 3.8) is 0 Å². The van der Waals surface area contributed by atoms with Crippen molar-refractivity contribution < 1.29 is 13.5 Å². The molecule has 2 N–H and O–H groups in total. The molecule has 0 spiro atoms. The summed E-state index contributed by atoms with van der Waals surface area (Å²) in [5, 5.41) is 0. The Kier molecular flexibility index (Phi) is 4.73. The largest absolute Gasteiger partial charge is 0.450 e. The van der Waals surface area contributed by atoms with Gasteiger partial charge in [-0.25, -0.2) is 8.78 Å². The van der Waals surface area contributed by atoms with E-state index >= 15 is 0 Å². The zero-order valence-electron chi connectivity index (χ0n) is 10.9. The van der Waals surface area contributed by atoms with Gasteiger partial charge in [-0.1, -0.05) is 6.07 Å². The fourth-order valence-electron chi connectivity index (χ4n) is 1.82. The van der Waals surface area contributed by atoms with Gasteiger partial charge >= 0.3 is 0 Å². The average molecular weight is 342 g/mol. The van der Waals surface area contributed by atoms with E-state index in [-0.39, 0.29) is 0 Å². The van der Waals surface area contributed by atoms with E-state index in [1.165, 1.54) is 12.1 Å². The summed E-state index contributed by atoms with van der Waals surface area (Å²) in [4.78, 5) is 0. The van der Waals surface area contributed by atoms with E-state index in [9.17, 15) is 8.78 Å². The van der Waals surface area contributed by atoms with Crippen LogP contribution in [-0.4, -0.2) is 6.54 Å². The Labute approximate surface area is 124 Å². The Morgan fingerprint density at radius 3 is 2.35 bits per heavy atom. The van der Waals surface area contributed by atoms with Crippen molar-refractivity contribution in [2.24, 2.45) is 5.73 Å². The molecule has 0 atom stereocenters. The first-order chi connectivity index (χ1) is 9.51. The summed E-state index contributed by atoms with van der Waals surface area (Å²) in [6.07, 6.45) is 0.419. The highest BCUT2D eigenvalue weighted by Gasteiger charge is 2.15. The first-order valence-electron chi connectivity index (χ1n) is 6.13. The van der Waals surface area contributed by atoms with Gasteiger partial charge in [0.05, 0.1) is 4.47 Å². The van der Waals surface area contributed by atoms with Gasteiger partial charge in [0.2, 0.25) is 0 Å². The predicted octanol–water partition coefficient (Wildman–Crippen LogP) is 4.33. The molecule has 2 aromatic rings. The van der Waals surface area contributed by atoms with Gasteiger partial charge in [-0.3, -0.25) is 0 Å². The Morgan fingerprint density at radius 2 is 1.80 bits per heavy atom. The van der Waals surface area contributed by atoms with Gasteiger partial charge in [0, 0.05) is 0 Å².